The molecular formula is C28H27ClN2O7. The maximum Gasteiger partial charge on any atom is 0.295 e. The van der Waals surface area contributed by atoms with Gasteiger partial charge in [0, 0.05) is 18.9 Å². The summed E-state index contributed by atoms with van der Waals surface area (Å²) in [5.74, 6) is -0.868. The van der Waals surface area contributed by atoms with Crippen LogP contribution in [0, 0.1) is 6.92 Å². The van der Waals surface area contributed by atoms with Crippen molar-refractivity contribution in [2.75, 3.05) is 28.4 Å². The number of nitrogens with zero attached hydrogens (tertiary/aromatic N) is 2. The van der Waals surface area contributed by atoms with E-state index in [1.807, 2.05) is 0 Å². The summed E-state index contributed by atoms with van der Waals surface area (Å²) < 4.78 is 21.9. The van der Waals surface area contributed by atoms with Crippen LogP contribution in [0.1, 0.15) is 28.3 Å². The normalized spacial score (nSPS) is 16.5. The number of likely N-dealkylation sites (tertiary alicyclic amines) is 1. The number of halogens is 1. The molecule has 1 atom stereocenters. The van der Waals surface area contributed by atoms with Crippen LogP contribution in [0.15, 0.2) is 54.4 Å². The highest BCUT2D eigenvalue weighted by Gasteiger charge is 2.47. The Labute approximate surface area is 225 Å². The van der Waals surface area contributed by atoms with Crippen molar-refractivity contribution >= 4 is 29.1 Å². The summed E-state index contributed by atoms with van der Waals surface area (Å²) in [6.07, 6.45) is 3.19. The Morgan fingerprint density at radius 1 is 0.947 bits per heavy atom. The van der Waals surface area contributed by atoms with Crippen LogP contribution in [0.5, 0.6) is 23.0 Å². The predicted molar refractivity (Wildman–Crippen MR) is 141 cm³/mol. The van der Waals surface area contributed by atoms with Crippen LogP contribution in [-0.2, 0) is 16.1 Å². The third-order valence-corrected chi connectivity index (χ3v) is 6.57. The van der Waals surface area contributed by atoms with Gasteiger partial charge in [0.1, 0.15) is 11.5 Å². The fourth-order valence-electron chi connectivity index (χ4n) is 4.59. The summed E-state index contributed by atoms with van der Waals surface area (Å²) in [6, 6.07) is 9.10. The number of hydrogen-bond acceptors (Lipinski definition) is 8. The summed E-state index contributed by atoms with van der Waals surface area (Å²) in [5, 5.41) is 11.8. The SMILES string of the molecule is COc1cc(C2/C(=C(\O)c3cc(C)cc(Cl)c3OC)C(=O)C(=O)N2Cc2ccncc2)cc(OC)c1OC. The van der Waals surface area contributed by atoms with Crippen molar-refractivity contribution in [3.8, 4) is 23.0 Å². The number of methoxy groups -OCH3 is 4. The average Bonchev–Trinajstić information content (AvgIpc) is 3.16. The molecule has 1 fully saturated rings. The van der Waals surface area contributed by atoms with Crippen LogP contribution in [0.25, 0.3) is 5.76 Å². The van der Waals surface area contributed by atoms with Gasteiger partial charge in [0.15, 0.2) is 11.5 Å². The number of pyridine rings is 1. The Balaban J connectivity index is 2.01. The van der Waals surface area contributed by atoms with E-state index in [9.17, 15) is 14.7 Å². The lowest BCUT2D eigenvalue weighted by Gasteiger charge is -2.27. The van der Waals surface area contributed by atoms with E-state index in [1.165, 1.54) is 33.3 Å². The summed E-state index contributed by atoms with van der Waals surface area (Å²) in [7, 11) is 5.82. The molecule has 0 aliphatic carbocycles. The van der Waals surface area contributed by atoms with Crippen LogP contribution in [0.4, 0.5) is 0 Å². The third-order valence-electron chi connectivity index (χ3n) is 6.29. The van der Waals surface area contributed by atoms with E-state index < -0.39 is 23.5 Å². The number of aliphatic hydroxyl groups is 1. The van der Waals surface area contributed by atoms with Crippen molar-refractivity contribution in [2.24, 2.45) is 0 Å². The largest absolute Gasteiger partial charge is 0.507 e. The van der Waals surface area contributed by atoms with Gasteiger partial charge >= 0.3 is 0 Å². The number of carbonyl (C=O) groups is 2. The lowest BCUT2D eigenvalue weighted by molar-refractivity contribution is -0.140. The molecule has 1 unspecified atom stereocenters. The number of amides is 1. The molecule has 9 nitrogen and oxygen atoms in total. The number of hydrogen-bond donors (Lipinski definition) is 1. The molecule has 0 radical (unpaired) electrons. The second-order valence-corrected chi connectivity index (χ2v) is 8.98. The van der Waals surface area contributed by atoms with E-state index in [4.69, 9.17) is 30.5 Å². The highest BCUT2D eigenvalue weighted by Crippen LogP contribution is 2.47. The molecule has 0 spiro atoms. The van der Waals surface area contributed by atoms with Crippen LogP contribution < -0.4 is 18.9 Å². The number of aryl methyl sites for hydroxylation is 1. The van der Waals surface area contributed by atoms with Gasteiger partial charge in [0.2, 0.25) is 5.75 Å². The van der Waals surface area contributed by atoms with Gasteiger partial charge in [-0.25, -0.2) is 0 Å². The first-order valence-corrected chi connectivity index (χ1v) is 11.9. The van der Waals surface area contributed by atoms with E-state index in [0.717, 1.165) is 11.1 Å². The molecule has 10 heteroatoms. The Morgan fingerprint density at radius 3 is 2.11 bits per heavy atom. The first kappa shape index (κ1) is 26.8. The van der Waals surface area contributed by atoms with Crippen molar-refractivity contribution in [3.05, 3.63) is 81.6 Å². The zero-order valence-corrected chi connectivity index (χ0v) is 22.3. The van der Waals surface area contributed by atoms with Crippen LogP contribution in [0.2, 0.25) is 5.02 Å². The smallest absolute Gasteiger partial charge is 0.295 e. The standard InChI is InChI=1S/C28H27ClN2O7/c1-15-10-18(26(37-4)19(29)11-15)24(32)22-23(17-12-20(35-2)27(38-5)21(13-17)36-3)31(28(34)25(22)33)14-16-6-8-30-9-7-16/h6-13,23,32H,14H2,1-5H3/b24-22+. The van der Waals surface area contributed by atoms with Gasteiger partial charge in [-0.1, -0.05) is 11.6 Å². The van der Waals surface area contributed by atoms with Crippen molar-refractivity contribution in [3.63, 3.8) is 0 Å². The van der Waals surface area contributed by atoms with Gasteiger partial charge in [-0.15, -0.1) is 0 Å². The zero-order chi connectivity index (χ0) is 27.6. The highest BCUT2D eigenvalue weighted by atomic mass is 35.5. The summed E-state index contributed by atoms with van der Waals surface area (Å²) in [4.78, 5) is 32.4. The molecule has 0 saturated carbocycles. The fourth-order valence-corrected chi connectivity index (χ4v) is 4.94. The van der Waals surface area contributed by atoms with Crippen molar-refractivity contribution < 1.29 is 33.6 Å². The van der Waals surface area contributed by atoms with Crippen LogP contribution >= 0.6 is 11.6 Å². The van der Waals surface area contributed by atoms with Crippen molar-refractivity contribution in [1.82, 2.24) is 9.88 Å². The molecular weight excluding hydrogens is 512 g/mol. The lowest BCUT2D eigenvalue weighted by atomic mass is 9.93. The van der Waals surface area contributed by atoms with E-state index >= 15 is 0 Å². The van der Waals surface area contributed by atoms with Gasteiger partial charge < -0.3 is 29.0 Å². The molecule has 38 heavy (non-hydrogen) atoms. The Kier molecular flexibility index (Phi) is 7.78. The molecule has 198 valence electrons. The second-order valence-electron chi connectivity index (χ2n) is 8.57. The molecule has 1 saturated heterocycles. The summed E-state index contributed by atoms with van der Waals surface area (Å²) >= 11 is 6.38. The molecule has 1 aliphatic heterocycles. The minimum Gasteiger partial charge on any atom is -0.507 e. The Bertz CT molecular complexity index is 1400. The Hall–Kier alpha value is -4.24. The molecule has 1 N–H and O–H groups in total. The minimum atomic E-state index is -0.999. The molecule has 1 amide bonds. The number of ketones is 1. The molecule has 1 aromatic heterocycles. The molecule has 2 heterocycles. The molecule has 1 aliphatic rings. The number of aromatic nitrogens is 1. The first-order valence-electron chi connectivity index (χ1n) is 11.6. The quantitative estimate of drug-likeness (QED) is 0.250. The number of aliphatic hydroxyl groups excluding tert-OH is 1. The molecule has 0 bridgehead atoms. The van der Waals surface area contributed by atoms with Crippen LogP contribution in [0.3, 0.4) is 0 Å². The topological polar surface area (TPSA) is 107 Å². The lowest BCUT2D eigenvalue weighted by Crippen LogP contribution is -2.29. The van der Waals surface area contributed by atoms with Gasteiger partial charge in [0.05, 0.1) is 50.6 Å². The zero-order valence-electron chi connectivity index (χ0n) is 21.6. The minimum absolute atomic E-state index is 0.0803. The van der Waals surface area contributed by atoms with E-state index in [2.05, 4.69) is 4.98 Å². The van der Waals surface area contributed by atoms with Crippen molar-refractivity contribution in [2.45, 2.75) is 19.5 Å². The van der Waals surface area contributed by atoms with Crippen LogP contribution in [-0.4, -0.2) is 55.1 Å². The maximum absolute atomic E-state index is 13.5. The molecule has 3 aromatic rings. The number of carbonyl (C=O) groups excluding carboxylic acids is 2. The van der Waals surface area contributed by atoms with Gasteiger partial charge in [-0.05, 0) is 60.0 Å². The van der Waals surface area contributed by atoms with E-state index in [0.29, 0.717) is 22.8 Å². The average molecular weight is 539 g/mol. The highest BCUT2D eigenvalue weighted by molar-refractivity contribution is 6.46. The fraction of sp³-hybridized carbons (Fsp3) is 0.250. The number of rotatable bonds is 8. The maximum atomic E-state index is 13.5. The molecule has 2 aromatic carbocycles. The Morgan fingerprint density at radius 2 is 1.55 bits per heavy atom. The van der Waals surface area contributed by atoms with Crippen molar-refractivity contribution in [1.29, 1.82) is 0 Å². The second kappa shape index (κ2) is 11.0. The molecule has 4 rings (SSSR count). The van der Waals surface area contributed by atoms with Gasteiger partial charge in [-0.3, -0.25) is 14.6 Å². The number of benzene rings is 2. The number of ether oxygens (including phenoxy) is 4. The third kappa shape index (κ3) is 4.72. The summed E-state index contributed by atoms with van der Waals surface area (Å²) in [5.41, 5.74) is 2.00. The van der Waals surface area contributed by atoms with E-state index in [-0.39, 0.29) is 28.5 Å². The van der Waals surface area contributed by atoms with Gasteiger partial charge in [-0.2, -0.15) is 0 Å². The number of Topliss-reactive ketones (excluding diaryl/α,β-unsaturated/α-hetero) is 1. The summed E-state index contributed by atoms with van der Waals surface area (Å²) in [6.45, 7) is 1.87. The first-order chi connectivity index (χ1) is 18.2. The predicted octanol–water partition coefficient (Wildman–Crippen LogP) is 4.70. The van der Waals surface area contributed by atoms with E-state index in [1.54, 1.807) is 55.7 Å². The monoisotopic (exact) mass is 538 g/mol. The van der Waals surface area contributed by atoms with Gasteiger partial charge in [0.25, 0.3) is 11.7 Å².